The van der Waals surface area contributed by atoms with Crippen molar-refractivity contribution in [2.24, 2.45) is 0 Å². The minimum Gasteiger partial charge on any atom is -0.405 e. The average molecular weight is 488 g/mol. The van der Waals surface area contributed by atoms with E-state index < -0.39 is 6.36 Å². The predicted octanol–water partition coefficient (Wildman–Crippen LogP) is 4.60. The second-order valence-corrected chi connectivity index (χ2v) is 8.55. The zero-order chi connectivity index (χ0) is 21.9. The van der Waals surface area contributed by atoms with E-state index in [-0.39, 0.29) is 17.7 Å². The van der Waals surface area contributed by atoms with E-state index >= 15 is 0 Å². The molecule has 1 aromatic heterocycles. The van der Waals surface area contributed by atoms with Crippen molar-refractivity contribution in [2.75, 3.05) is 24.7 Å². The molecule has 3 N–H and O–H groups in total. The lowest BCUT2D eigenvalue weighted by atomic mass is 9.82. The van der Waals surface area contributed by atoms with Crippen LogP contribution in [0.5, 0.6) is 5.75 Å². The van der Waals surface area contributed by atoms with Crippen LogP contribution < -0.4 is 20.7 Å². The summed E-state index contributed by atoms with van der Waals surface area (Å²) < 4.78 is 42.7. The molecule has 0 unspecified atom stereocenters. The third-order valence-corrected chi connectivity index (χ3v) is 5.73. The van der Waals surface area contributed by atoms with Gasteiger partial charge in [-0.2, -0.15) is 4.98 Å². The molecule has 164 valence electrons. The summed E-state index contributed by atoms with van der Waals surface area (Å²) in [6.07, 6.45) is 0.699. The lowest BCUT2D eigenvalue weighted by molar-refractivity contribution is -0.274. The maximum absolute atomic E-state index is 12.7. The Balaban J connectivity index is 1.57. The number of rotatable bonds is 6. The van der Waals surface area contributed by atoms with Gasteiger partial charge in [-0.05, 0) is 43.7 Å². The van der Waals surface area contributed by atoms with Crippen molar-refractivity contribution in [1.82, 2.24) is 15.3 Å². The van der Waals surface area contributed by atoms with Crippen molar-refractivity contribution in [1.29, 1.82) is 0 Å². The summed E-state index contributed by atoms with van der Waals surface area (Å²) in [6.45, 7) is 0.302. The molecule has 30 heavy (non-hydrogen) atoms. The number of nitrogen functional groups attached to an aromatic ring is 1. The van der Waals surface area contributed by atoms with Gasteiger partial charge < -0.3 is 20.7 Å². The average Bonchev–Trinajstić information content (AvgIpc) is 2.66. The Bertz CT molecular complexity index is 870. The Labute approximate surface area is 182 Å². The minimum absolute atomic E-state index is 0.191. The van der Waals surface area contributed by atoms with Crippen LogP contribution in [0.3, 0.4) is 0 Å². The van der Waals surface area contributed by atoms with Gasteiger partial charge in [-0.25, -0.2) is 4.98 Å². The molecule has 6 nitrogen and oxygen atoms in total. The first-order valence-corrected chi connectivity index (χ1v) is 10.5. The molecule has 1 saturated carbocycles. The first-order valence-electron chi connectivity index (χ1n) is 9.69. The van der Waals surface area contributed by atoms with Crippen molar-refractivity contribution < 1.29 is 17.9 Å². The van der Waals surface area contributed by atoms with Crippen LogP contribution in [0.1, 0.15) is 42.7 Å². The fourth-order valence-corrected chi connectivity index (χ4v) is 4.02. The maximum Gasteiger partial charge on any atom is 0.573 e. The fourth-order valence-electron chi connectivity index (χ4n) is 3.68. The first-order chi connectivity index (χ1) is 14.1. The number of nitrogens with two attached hydrogens (primary N) is 1. The first kappa shape index (κ1) is 22.6. The molecule has 0 spiro atoms. The molecule has 1 aliphatic carbocycles. The number of ether oxygens (including phenoxy) is 1. The standard InChI is InChI=1S/C20H25BrF3N5O/c1-29(2)19-27-11-16(18(25)28-19)12-4-7-15(8-5-12)26-10-13-3-6-14(21)9-17(13)30-20(22,23)24/h3,6,9,11-12,15,26H,4-5,7-8,10H2,1-2H3,(H2,25,27,28)/t12-,15+. The summed E-state index contributed by atoms with van der Waals surface area (Å²) in [6, 6.07) is 4.89. The van der Waals surface area contributed by atoms with Gasteiger partial charge in [-0.1, -0.05) is 22.0 Å². The minimum atomic E-state index is -4.72. The molecule has 0 saturated heterocycles. The number of anilines is 2. The Hall–Kier alpha value is -2.07. The van der Waals surface area contributed by atoms with Gasteiger partial charge in [-0.15, -0.1) is 13.2 Å². The van der Waals surface area contributed by atoms with Crippen LogP contribution >= 0.6 is 15.9 Å². The molecule has 2 aromatic rings. The highest BCUT2D eigenvalue weighted by Crippen LogP contribution is 2.36. The van der Waals surface area contributed by atoms with Gasteiger partial charge in [0, 0.05) is 48.5 Å². The predicted molar refractivity (Wildman–Crippen MR) is 113 cm³/mol. The monoisotopic (exact) mass is 487 g/mol. The molecule has 0 atom stereocenters. The Morgan fingerprint density at radius 1 is 1.23 bits per heavy atom. The molecular weight excluding hydrogens is 463 g/mol. The third kappa shape index (κ3) is 5.98. The number of halogens is 4. The zero-order valence-electron chi connectivity index (χ0n) is 16.8. The smallest absolute Gasteiger partial charge is 0.405 e. The molecule has 0 amide bonds. The molecule has 1 aromatic carbocycles. The second-order valence-electron chi connectivity index (χ2n) is 7.63. The Morgan fingerprint density at radius 3 is 2.53 bits per heavy atom. The number of hydrogen-bond donors (Lipinski definition) is 2. The van der Waals surface area contributed by atoms with Crippen molar-refractivity contribution in [3.63, 3.8) is 0 Å². The van der Waals surface area contributed by atoms with Crippen molar-refractivity contribution >= 4 is 27.7 Å². The van der Waals surface area contributed by atoms with E-state index in [4.69, 9.17) is 5.73 Å². The van der Waals surface area contributed by atoms with Gasteiger partial charge >= 0.3 is 6.36 Å². The van der Waals surface area contributed by atoms with E-state index in [0.717, 1.165) is 31.2 Å². The number of alkyl halides is 3. The molecule has 1 aliphatic rings. The van der Waals surface area contributed by atoms with Gasteiger partial charge in [-0.3, -0.25) is 0 Å². The summed E-state index contributed by atoms with van der Waals surface area (Å²) in [4.78, 5) is 10.5. The topological polar surface area (TPSA) is 76.3 Å². The van der Waals surface area contributed by atoms with E-state index in [1.165, 1.54) is 6.07 Å². The van der Waals surface area contributed by atoms with E-state index in [0.29, 0.717) is 28.3 Å². The van der Waals surface area contributed by atoms with Gasteiger partial charge in [0.15, 0.2) is 0 Å². The van der Waals surface area contributed by atoms with Gasteiger partial charge in [0.2, 0.25) is 5.95 Å². The quantitative estimate of drug-likeness (QED) is 0.619. The van der Waals surface area contributed by atoms with Crippen molar-refractivity contribution in [3.05, 3.63) is 40.0 Å². The van der Waals surface area contributed by atoms with Crippen LogP contribution in [-0.4, -0.2) is 36.5 Å². The number of nitrogens with one attached hydrogen (secondary N) is 1. The molecule has 1 heterocycles. The summed E-state index contributed by atoms with van der Waals surface area (Å²) in [5, 5.41) is 3.36. The van der Waals surface area contributed by atoms with E-state index in [2.05, 4.69) is 36.0 Å². The molecule has 0 bridgehead atoms. The van der Waals surface area contributed by atoms with Crippen LogP contribution in [0.15, 0.2) is 28.9 Å². The van der Waals surface area contributed by atoms with E-state index in [1.54, 1.807) is 23.2 Å². The van der Waals surface area contributed by atoms with Crippen molar-refractivity contribution in [3.8, 4) is 5.75 Å². The number of benzene rings is 1. The largest absolute Gasteiger partial charge is 0.573 e. The maximum atomic E-state index is 12.7. The summed E-state index contributed by atoms with van der Waals surface area (Å²) in [5.74, 6) is 1.19. The SMILES string of the molecule is CN(C)c1ncc([C@H]2CC[C@@H](NCc3ccc(Br)cc3OC(F)(F)F)CC2)c(N)n1. The van der Waals surface area contributed by atoms with Crippen LogP contribution in [0.4, 0.5) is 24.9 Å². The normalized spacial score (nSPS) is 19.5. The highest BCUT2D eigenvalue weighted by molar-refractivity contribution is 9.10. The summed E-state index contributed by atoms with van der Waals surface area (Å²) in [5.41, 5.74) is 7.57. The van der Waals surface area contributed by atoms with Crippen LogP contribution in [-0.2, 0) is 6.54 Å². The molecule has 0 aliphatic heterocycles. The molecular formula is C20H25BrF3N5O. The molecule has 0 radical (unpaired) electrons. The zero-order valence-corrected chi connectivity index (χ0v) is 18.4. The summed E-state index contributed by atoms with van der Waals surface area (Å²) in [7, 11) is 3.73. The van der Waals surface area contributed by atoms with Crippen LogP contribution in [0.25, 0.3) is 0 Å². The van der Waals surface area contributed by atoms with Crippen LogP contribution in [0, 0.1) is 0 Å². The van der Waals surface area contributed by atoms with E-state index in [9.17, 15) is 13.2 Å². The fraction of sp³-hybridized carbons (Fsp3) is 0.500. The number of aromatic nitrogens is 2. The Morgan fingerprint density at radius 2 is 1.93 bits per heavy atom. The Kier molecular flexibility index (Phi) is 7.07. The van der Waals surface area contributed by atoms with Crippen LogP contribution in [0.2, 0.25) is 0 Å². The highest BCUT2D eigenvalue weighted by Gasteiger charge is 2.32. The number of nitrogens with zero attached hydrogens (tertiary/aromatic N) is 3. The number of hydrogen-bond acceptors (Lipinski definition) is 6. The van der Waals surface area contributed by atoms with Crippen molar-refractivity contribution in [2.45, 2.75) is 50.6 Å². The van der Waals surface area contributed by atoms with Gasteiger partial charge in [0.05, 0.1) is 0 Å². The van der Waals surface area contributed by atoms with Gasteiger partial charge in [0.25, 0.3) is 0 Å². The lowest BCUT2D eigenvalue weighted by Gasteiger charge is -2.30. The lowest BCUT2D eigenvalue weighted by Crippen LogP contribution is -2.33. The van der Waals surface area contributed by atoms with Gasteiger partial charge in [0.1, 0.15) is 11.6 Å². The molecule has 3 rings (SSSR count). The molecule has 1 fully saturated rings. The third-order valence-electron chi connectivity index (χ3n) is 5.24. The highest BCUT2D eigenvalue weighted by atomic mass is 79.9. The summed E-state index contributed by atoms with van der Waals surface area (Å²) >= 11 is 3.19. The van der Waals surface area contributed by atoms with E-state index in [1.807, 2.05) is 14.1 Å². The second kappa shape index (κ2) is 9.38. The molecule has 10 heteroatoms.